The Labute approximate surface area is 219 Å². The third-order valence-corrected chi connectivity index (χ3v) is 5.47. The number of nitrogens with two attached hydrogens (primary N) is 1. The number of ether oxygens (including phenoxy) is 4. The van der Waals surface area contributed by atoms with Crippen molar-refractivity contribution in [3.63, 3.8) is 0 Å². The van der Waals surface area contributed by atoms with Crippen LogP contribution in [0.3, 0.4) is 0 Å². The number of hydrogen-bond acceptors (Lipinski definition) is 8. The lowest BCUT2D eigenvalue weighted by Gasteiger charge is -2.12. The minimum Gasteiger partial charge on any atom is -0.493 e. The zero-order chi connectivity index (χ0) is 25.7. The van der Waals surface area contributed by atoms with Crippen LogP contribution in [-0.4, -0.2) is 30.8 Å². The van der Waals surface area contributed by atoms with Crippen molar-refractivity contribution in [3.05, 3.63) is 59.5 Å². The van der Waals surface area contributed by atoms with E-state index < -0.39 is 18.6 Å². The normalized spacial score (nSPS) is 13.6. The van der Waals surface area contributed by atoms with Crippen LogP contribution in [-0.2, 0) is 11.3 Å². The van der Waals surface area contributed by atoms with Crippen molar-refractivity contribution in [2.24, 2.45) is 11.7 Å². The lowest BCUT2D eigenvalue weighted by molar-refractivity contribution is -0.0515. The molecule has 0 saturated heterocycles. The molecule has 200 valence electrons. The summed E-state index contributed by atoms with van der Waals surface area (Å²) in [7, 11) is 0. The highest BCUT2D eigenvalue weighted by Gasteiger charge is 2.27. The van der Waals surface area contributed by atoms with Crippen LogP contribution in [0.2, 0.25) is 0 Å². The molecule has 37 heavy (non-hydrogen) atoms. The molecule has 11 heteroatoms. The van der Waals surface area contributed by atoms with Crippen LogP contribution in [0.5, 0.6) is 17.2 Å². The molecule has 4 rings (SSSR count). The van der Waals surface area contributed by atoms with Gasteiger partial charge in [-0.2, -0.15) is 8.78 Å². The van der Waals surface area contributed by atoms with Crippen LogP contribution in [0, 0.1) is 5.92 Å². The van der Waals surface area contributed by atoms with Crippen molar-refractivity contribution in [2.75, 3.05) is 13.2 Å². The Hall–Kier alpha value is -3.37. The van der Waals surface area contributed by atoms with Crippen LogP contribution in [0.15, 0.2) is 46.9 Å². The Balaban J connectivity index is 0.00000380. The maximum Gasteiger partial charge on any atom is 0.387 e. The lowest BCUT2D eigenvalue weighted by atomic mass is 10.2. The number of carbonyl (C=O) groups is 1. The van der Waals surface area contributed by atoms with Crippen molar-refractivity contribution >= 4 is 18.4 Å². The second kappa shape index (κ2) is 12.7. The van der Waals surface area contributed by atoms with Crippen LogP contribution in [0.1, 0.15) is 54.5 Å². The molecule has 0 amide bonds. The van der Waals surface area contributed by atoms with E-state index in [0.29, 0.717) is 36.0 Å². The zero-order valence-electron chi connectivity index (χ0n) is 20.4. The molecule has 8 nitrogen and oxygen atoms in total. The summed E-state index contributed by atoms with van der Waals surface area (Å²) in [5.41, 5.74) is 7.06. The van der Waals surface area contributed by atoms with Gasteiger partial charge in [0.25, 0.3) is 0 Å². The van der Waals surface area contributed by atoms with Gasteiger partial charge >= 0.3 is 12.6 Å². The summed E-state index contributed by atoms with van der Waals surface area (Å²) in [6.45, 7) is 1.34. The molecule has 0 radical (unpaired) electrons. The number of benzene rings is 2. The number of hydrogen-bond donors (Lipinski definition) is 1. The topological polar surface area (TPSA) is 106 Å². The summed E-state index contributed by atoms with van der Waals surface area (Å²) in [5.74, 6) is 0.550. The molecule has 0 bridgehead atoms. The predicted octanol–water partition coefficient (Wildman–Crippen LogP) is 5.93. The predicted molar refractivity (Wildman–Crippen MR) is 133 cm³/mol. The van der Waals surface area contributed by atoms with E-state index in [1.807, 2.05) is 19.1 Å². The Morgan fingerprint density at radius 3 is 2.57 bits per heavy atom. The van der Waals surface area contributed by atoms with Gasteiger partial charge in [-0.25, -0.2) is 9.78 Å². The highest BCUT2D eigenvalue weighted by molar-refractivity contribution is 5.89. The molecule has 1 atom stereocenters. The molecule has 1 fully saturated rings. The minimum absolute atomic E-state index is 0. The summed E-state index contributed by atoms with van der Waals surface area (Å²) in [6.07, 6.45) is 2.06. The fraction of sp³-hybridized carbons (Fsp3) is 0.385. The van der Waals surface area contributed by atoms with Crippen molar-refractivity contribution in [1.82, 2.24) is 4.98 Å². The van der Waals surface area contributed by atoms with E-state index in [1.54, 1.807) is 19.1 Å². The third-order valence-electron chi connectivity index (χ3n) is 5.47. The first-order valence-corrected chi connectivity index (χ1v) is 11.7. The first-order valence-electron chi connectivity index (χ1n) is 11.7. The number of esters is 1. The molecule has 1 heterocycles. The third kappa shape index (κ3) is 7.33. The smallest absolute Gasteiger partial charge is 0.387 e. The first kappa shape index (κ1) is 28.2. The number of para-hydroxylation sites is 1. The maximum absolute atomic E-state index is 12.9. The van der Waals surface area contributed by atoms with Gasteiger partial charge in [-0.05, 0) is 56.9 Å². The van der Waals surface area contributed by atoms with Crippen LogP contribution < -0.4 is 19.9 Å². The van der Waals surface area contributed by atoms with Gasteiger partial charge in [-0.1, -0.05) is 18.2 Å². The molecule has 1 aliphatic rings. The summed E-state index contributed by atoms with van der Waals surface area (Å²) in [4.78, 5) is 17.2. The van der Waals surface area contributed by atoms with Gasteiger partial charge in [0, 0.05) is 11.1 Å². The first-order chi connectivity index (χ1) is 17.4. The molecule has 3 aromatic rings. The Morgan fingerprint density at radius 2 is 1.89 bits per heavy atom. The molecule has 2 aromatic carbocycles. The standard InChI is InChI=1S/C26H28F2N2O6.ClH/c1-3-32-19-7-5-4-6-18(19)14-34-25(31)22-23(15(2)29)36-24(30-22)17-10-11-20(35-26(27)28)21(12-17)33-13-16-8-9-16;/h4-7,10-12,15-16,26H,3,8-9,13-14,29H2,1-2H3;1H/t15-;/m0./s1. The Kier molecular flexibility index (Phi) is 9.71. The Bertz CT molecular complexity index is 1200. The van der Waals surface area contributed by atoms with Gasteiger partial charge in [0.2, 0.25) is 5.89 Å². The maximum atomic E-state index is 12.9. The average Bonchev–Trinajstić information content (AvgIpc) is 3.57. The van der Waals surface area contributed by atoms with Crippen molar-refractivity contribution in [3.8, 4) is 28.7 Å². The molecule has 1 saturated carbocycles. The highest BCUT2D eigenvalue weighted by Crippen LogP contribution is 2.37. The molecular weight excluding hydrogens is 510 g/mol. The molecule has 1 aliphatic carbocycles. The van der Waals surface area contributed by atoms with Crippen LogP contribution in [0.4, 0.5) is 8.78 Å². The van der Waals surface area contributed by atoms with Gasteiger partial charge in [-0.15, -0.1) is 12.4 Å². The quantitative estimate of drug-likeness (QED) is 0.283. The number of carbonyl (C=O) groups excluding carboxylic acids is 1. The zero-order valence-corrected chi connectivity index (χ0v) is 21.3. The van der Waals surface area contributed by atoms with Gasteiger partial charge in [0.15, 0.2) is 23.0 Å². The second-order valence-corrected chi connectivity index (χ2v) is 8.43. The highest BCUT2D eigenvalue weighted by atomic mass is 35.5. The minimum atomic E-state index is -3.00. The summed E-state index contributed by atoms with van der Waals surface area (Å²) >= 11 is 0. The van der Waals surface area contributed by atoms with Gasteiger partial charge < -0.3 is 29.1 Å². The van der Waals surface area contributed by atoms with Crippen LogP contribution in [0.25, 0.3) is 11.5 Å². The molecule has 0 aliphatic heterocycles. The number of rotatable bonds is 12. The molecular formula is C26H29ClF2N2O6. The monoisotopic (exact) mass is 538 g/mol. The SMILES string of the molecule is CCOc1ccccc1COC(=O)c1nc(-c2ccc(OC(F)F)c(OCC3CC3)c2)oc1[C@H](C)N.Cl. The van der Waals surface area contributed by atoms with E-state index >= 15 is 0 Å². The molecule has 2 N–H and O–H groups in total. The van der Waals surface area contributed by atoms with E-state index in [0.717, 1.165) is 12.8 Å². The number of alkyl halides is 2. The van der Waals surface area contributed by atoms with E-state index in [2.05, 4.69) is 9.72 Å². The van der Waals surface area contributed by atoms with Gasteiger partial charge in [-0.3, -0.25) is 0 Å². The van der Waals surface area contributed by atoms with E-state index in [-0.39, 0.29) is 47.9 Å². The van der Waals surface area contributed by atoms with Crippen molar-refractivity contribution < 1.29 is 36.9 Å². The number of oxazole rings is 1. The summed E-state index contributed by atoms with van der Waals surface area (Å²) < 4.78 is 52.8. The van der Waals surface area contributed by atoms with E-state index in [9.17, 15) is 13.6 Å². The molecule has 0 spiro atoms. The summed E-state index contributed by atoms with van der Waals surface area (Å²) in [6, 6.07) is 10.9. The summed E-state index contributed by atoms with van der Waals surface area (Å²) in [5, 5.41) is 0. The lowest BCUT2D eigenvalue weighted by Crippen LogP contribution is -2.13. The van der Waals surface area contributed by atoms with E-state index in [4.69, 9.17) is 24.4 Å². The van der Waals surface area contributed by atoms with Gasteiger partial charge in [0.05, 0.1) is 19.3 Å². The Morgan fingerprint density at radius 1 is 1.14 bits per heavy atom. The fourth-order valence-electron chi connectivity index (χ4n) is 3.48. The molecule has 0 unspecified atom stereocenters. The number of aromatic nitrogens is 1. The number of halogens is 3. The number of nitrogens with zero attached hydrogens (tertiary/aromatic N) is 1. The van der Waals surface area contributed by atoms with Gasteiger partial charge in [0.1, 0.15) is 12.4 Å². The van der Waals surface area contributed by atoms with Crippen molar-refractivity contribution in [2.45, 2.75) is 45.9 Å². The van der Waals surface area contributed by atoms with E-state index in [1.165, 1.54) is 18.2 Å². The average molecular weight is 539 g/mol. The van der Waals surface area contributed by atoms with Crippen LogP contribution >= 0.6 is 12.4 Å². The van der Waals surface area contributed by atoms with Crippen molar-refractivity contribution in [1.29, 1.82) is 0 Å². The second-order valence-electron chi connectivity index (χ2n) is 8.43. The fourth-order valence-corrected chi connectivity index (χ4v) is 3.48. The molecule has 1 aromatic heterocycles. The largest absolute Gasteiger partial charge is 0.493 e.